The highest BCUT2D eigenvalue weighted by Gasteiger charge is 2.03. The first-order chi connectivity index (χ1) is 5.66. The van der Waals surface area contributed by atoms with Crippen molar-refractivity contribution in [1.29, 1.82) is 0 Å². The number of aliphatic hydroxyl groups is 1. The van der Waals surface area contributed by atoms with Gasteiger partial charge in [-0.2, -0.15) is 11.8 Å². The molecule has 0 aromatic rings. The third-order valence-electron chi connectivity index (χ3n) is 1.47. The molecule has 0 aliphatic carbocycles. The Labute approximate surface area is 80.3 Å². The highest BCUT2D eigenvalue weighted by molar-refractivity contribution is 7.99. The Morgan fingerprint density at radius 2 is 2.08 bits per heavy atom. The molecule has 1 nitrogen and oxygen atoms in total. The second-order valence-corrected chi connectivity index (χ2v) is 4.53. The maximum absolute atomic E-state index is 9.42. The van der Waals surface area contributed by atoms with Crippen molar-refractivity contribution in [2.75, 3.05) is 11.5 Å². The summed E-state index contributed by atoms with van der Waals surface area (Å²) >= 11 is 1.84. The first-order valence-corrected chi connectivity index (χ1v) is 5.69. The third-order valence-corrected chi connectivity index (χ3v) is 2.99. The van der Waals surface area contributed by atoms with Crippen LogP contribution in [0.5, 0.6) is 0 Å². The second-order valence-electron chi connectivity index (χ2n) is 3.45. The molecule has 0 bridgehead atoms. The van der Waals surface area contributed by atoms with Crippen LogP contribution in [-0.2, 0) is 0 Å². The summed E-state index contributed by atoms with van der Waals surface area (Å²) in [7, 11) is 0. The number of aliphatic hydroxyl groups excluding tert-OH is 1. The summed E-state index contributed by atoms with van der Waals surface area (Å²) < 4.78 is 0. The van der Waals surface area contributed by atoms with Crippen LogP contribution >= 0.6 is 11.8 Å². The van der Waals surface area contributed by atoms with Crippen LogP contribution in [0.2, 0.25) is 0 Å². The van der Waals surface area contributed by atoms with Gasteiger partial charge in [0.2, 0.25) is 0 Å². The van der Waals surface area contributed by atoms with E-state index in [4.69, 9.17) is 0 Å². The third kappa shape index (κ3) is 8.15. The fraction of sp³-hybridized carbons (Fsp3) is 0.800. The lowest BCUT2D eigenvalue weighted by atomic mass is 10.2. The van der Waals surface area contributed by atoms with Gasteiger partial charge in [0.05, 0.1) is 6.10 Å². The molecule has 0 spiro atoms. The Kier molecular flexibility index (Phi) is 7.72. The molecule has 1 unspecified atom stereocenters. The van der Waals surface area contributed by atoms with Crippen LogP contribution in [0.4, 0.5) is 0 Å². The van der Waals surface area contributed by atoms with Gasteiger partial charge in [-0.25, -0.2) is 0 Å². The maximum Gasteiger partial charge on any atom is 0.0633 e. The van der Waals surface area contributed by atoms with Gasteiger partial charge in [0.15, 0.2) is 0 Å². The first kappa shape index (κ1) is 12.0. The van der Waals surface area contributed by atoms with Crippen LogP contribution in [0.1, 0.15) is 26.7 Å². The molecule has 0 aromatic heterocycles. The fourth-order valence-electron chi connectivity index (χ4n) is 0.833. The van der Waals surface area contributed by atoms with E-state index >= 15 is 0 Å². The van der Waals surface area contributed by atoms with E-state index in [1.165, 1.54) is 0 Å². The molecule has 0 radical (unpaired) electrons. The van der Waals surface area contributed by atoms with Crippen molar-refractivity contribution >= 4 is 11.8 Å². The number of allylic oxidation sites excluding steroid dienone is 1. The van der Waals surface area contributed by atoms with Crippen molar-refractivity contribution in [3.8, 4) is 0 Å². The summed E-state index contributed by atoms with van der Waals surface area (Å²) in [6, 6.07) is 0. The zero-order valence-corrected chi connectivity index (χ0v) is 8.94. The molecule has 0 aliphatic rings. The van der Waals surface area contributed by atoms with Crippen LogP contribution in [0.25, 0.3) is 0 Å². The average Bonchev–Trinajstić information content (AvgIpc) is 2.00. The summed E-state index contributed by atoms with van der Waals surface area (Å²) in [5.74, 6) is 2.73. The van der Waals surface area contributed by atoms with E-state index in [0.717, 1.165) is 30.3 Å². The lowest BCUT2D eigenvalue weighted by Crippen LogP contribution is -2.10. The highest BCUT2D eigenvalue weighted by Crippen LogP contribution is 2.11. The zero-order valence-electron chi connectivity index (χ0n) is 8.12. The quantitative estimate of drug-likeness (QED) is 0.620. The summed E-state index contributed by atoms with van der Waals surface area (Å²) in [5, 5.41) is 9.42. The minimum Gasteiger partial charge on any atom is -0.392 e. The molecule has 2 heteroatoms. The van der Waals surface area contributed by atoms with E-state index < -0.39 is 0 Å². The molecule has 1 N–H and O–H groups in total. The molecule has 0 saturated carbocycles. The predicted octanol–water partition coefficient (Wildman–Crippen LogP) is 2.70. The van der Waals surface area contributed by atoms with Crippen LogP contribution in [0, 0.1) is 5.92 Å². The molecule has 0 aromatic carbocycles. The predicted molar refractivity (Wildman–Crippen MR) is 57.6 cm³/mol. The Morgan fingerprint density at radius 3 is 2.58 bits per heavy atom. The van der Waals surface area contributed by atoms with Gasteiger partial charge < -0.3 is 5.11 Å². The van der Waals surface area contributed by atoms with Crippen molar-refractivity contribution in [3.63, 3.8) is 0 Å². The normalized spacial score (nSPS) is 13.3. The number of thioether (sulfide) groups is 1. The smallest absolute Gasteiger partial charge is 0.0633 e. The van der Waals surface area contributed by atoms with E-state index in [9.17, 15) is 5.11 Å². The summed E-state index contributed by atoms with van der Waals surface area (Å²) in [5.41, 5.74) is 0. The van der Waals surface area contributed by atoms with Gasteiger partial charge in [-0.3, -0.25) is 0 Å². The van der Waals surface area contributed by atoms with E-state index in [2.05, 4.69) is 20.4 Å². The molecular formula is C10H20OS. The Balaban J connectivity index is 3.18. The van der Waals surface area contributed by atoms with Crippen molar-refractivity contribution < 1.29 is 5.11 Å². The summed E-state index contributed by atoms with van der Waals surface area (Å²) in [4.78, 5) is 0. The van der Waals surface area contributed by atoms with Crippen LogP contribution in [-0.4, -0.2) is 22.7 Å². The number of hydrogen-bond donors (Lipinski definition) is 1. The lowest BCUT2D eigenvalue weighted by Gasteiger charge is -2.09. The molecule has 0 fully saturated rings. The molecule has 0 amide bonds. The molecule has 1 atom stereocenters. The first-order valence-electron chi connectivity index (χ1n) is 4.53. The van der Waals surface area contributed by atoms with Gasteiger partial charge in [-0.1, -0.05) is 19.9 Å². The van der Waals surface area contributed by atoms with Gasteiger partial charge in [0.25, 0.3) is 0 Å². The van der Waals surface area contributed by atoms with Gasteiger partial charge in [-0.15, -0.1) is 6.58 Å². The monoisotopic (exact) mass is 188 g/mol. The van der Waals surface area contributed by atoms with Crippen molar-refractivity contribution in [2.45, 2.75) is 32.8 Å². The number of hydrogen-bond acceptors (Lipinski definition) is 2. The highest BCUT2D eigenvalue weighted by atomic mass is 32.2. The zero-order chi connectivity index (χ0) is 9.40. The Hall–Kier alpha value is 0.0500. The number of rotatable bonds is 7. The standard InChI is InChI=1S/C10H20OS/c1-4-5-6-10(11)8-12-7-9(2)3/h4,9-11H,1,5-8H2,2-3H3. The molecule has 0 saturated heterocycles. The molecule has 12 heavy (non-hydrogen) atoms. The minimum absolute atomic E-state index is 0.147. The molecule has 0 aliphatic heterocycles. The van der Waals surface area contributed by atoms with Gasteiger partial charge >= 0.3 is 0 Å². The van der Waals surface area contributed by atoms with Crippen molar-refractivity contribution in [2.24, 2.45) is 5.92 Å². The van der Waals surface area contributed by atoms with E-state index in [-0.39, 0.29) is 6.10 Å². The second kappa shape index (κ2) is 7.69. The molecule has 0 rings (SSSR count). The Bertz CT molecular complexity index is 112. The van der Waals surface area contributed by atoms with Crippen LogP contribution < -0.4 is 0 Å². The summed E-state index contributed by atoms with van der Waals surface area (Å²) in [6.07, 6.45) is 3.49. The summed E-state index contributed by atoms with van der Waals surface area (Å²) in [6.45, 7) is 8.02. The van der Waals surface area contributed by atoms with Gasteiger partial charge in [-0.05, 0) is 24.5 Å². The SMILES string of the molecule is C=CCCC(O)CSCC(C)C. The minimum atomic E-state index is -0.147. The Morgan fingerprint density at radius 1 is 1.42 bits per heavy atom. The van der Waals surface area contributed by atoms with Crippen molar-refractivity contribution in [3.05, 3.63) is 12.7 Å². The van der Waals surface area contributed by atoms with Crippen LogP contribution in [0.15, 0.2) is 12.7 Å². The average molecular weight is 188 g/mol. The van der Waals surface area contributed by atoms with E-state index in [0.29, 0.717) is 0 Å². The van der Waals surface area contributed by atoms with Gasteiger partial charge in [0.1, 0.15) is 0 Å². The molecular weight excluding hydrogens is 168 g/mol. The largest absolute Gasteiger partial charge is 0.392 e. The molecule has 0 heterocycles. The van der Waals surface area contributed by atoms with E-state index in [1.54, 1.807) is 0 Å². The lowest BCUT2D eigenvalue weighted by molar-refractivity contribution is 0.190. The van der Waals surface area contributed by atoms with E-state index in [1.807, 2.05) is 17.8 Å². The maximum atomic E-state index is 9.42. The van der Waals surface area contributed by atoms with Crippen molar-refractivity contribution in [1.82, 2.24) is 0 Å². The fourth-order valence-corrected chi connectivity index (χ4v) is 1.88. The van der Waals surface area contributed by atoms with Gasteiger partial charge in [0, 0.05) is 5.75 Å². The van der Waals surface area contributed by atoms with Crippen LogP contribution in [0.3, 0.4) is 0 Å². The molecule has 72 valence electrons. The topological polar surface area (TPSA) is 20.2 Å².